The third kappa shape index (κ3) is 3.20. The maximum atomic E-state index is 11.5. The van der Waals surface area contributed by atoms with Gasteiger partial charge in [-0.1, -0.05) is 20.3 Å². The van der Waals surface area contributed by atoms with E-state index in [1.165, 1.54) is 0 Å². The van der Waals surface area contributed by atoms with Crippen LogP contribution in [0.15, 0.2) is 12.3 Å². The third-order valence-electron chi connectivity index (χ3n) is 2.18. The Bertz CT molecular complexity index is 269. The monoisotopic (exact) mass is 195 g/mol. The number of nitrogens with one attached hydrogen (secondary N) is 2. The van der Waals surface area contributed by atoms with Crippen LogP contribution in [0, 0.1) is 5.92 Å². The van der Waals surface area contributed by atoms with Crippen LogP contribution in [0.1, 0.15) is 32.4 Å². The molecule has 0 aliphatic rings. The van der Waals surface area contributed by atoms with Gasteiger partial charge in [-0.2, -0.15) is 5.10 Å². The zero-order valence-electron chi connectivity index (χ0n) is 8.71. The Morgan fingerprint density at radius 2 is 2.50 bits per heavy atom. The predicted molar refractivity (Wildman–Crippen MR) is 54.5 cm³/mol. The molecular formula is C10H17N3O. The average Bonchev–Trinajstić information content (AvgIpc) is 2.67. The first-order valence-corrected chi connectivity index (χ1v) is 5.00. The smallest absolute Gasteiger partial charge is 0.223 e. The Morgan fingerprint density at radius 3 is 3.07 bits per heavy atom. The molecule has 14 heavy (non-hydrogen) atoms. The zero-order chi connectivity index (χ0) is 10.4. The lowest BCUT2D eigenvalue weighted by atomic mass is 10.1. The number of carbonyl (C=O) groups excluding carboxylic acids is 1. The summed E-state index contributed by atoms with van der Waals surface area (Å²) in [6.07, 6.45) is 3.66. The maximum absolute atomic E-state index is 11.5. The molecule has 1 aromatic heterocycles. The van der Waals surface area contributed by atoms with Gasteiger partial charge >= 0.3 is 0 Å². The van der Waals surface area contributed by atoms with Crippen molar-refractivity contribution in [1.82, 2.24) is 15.5 Å². The molecule has 1 heterocycles. The first kappa shape index (κ1) is 10.8. The Labute approximate surface area is 84.1 Å². The van der Waals surface area contributed by atoms with Gasteiger partial charge in [-0.3, -0.25) is 9.89 Å². The molecule has 0 spiro atoms. The molecule has 1 atom stereocenters. The number of hydrogen-bond acceptors (Lipinski definition) is 2. The molecule has 0 aliphatic carbocycles. The molecule has 0 saturated carbocycles. The quantitative estimate of drug-likeness (QED) is 0.747. The highest BCUT2D eigenvalue weighted by atomic mass is 16.1. The van der Waals surface area contributed by atoms with Crippen molar-refractivity contribution in [1.29, 1.82) is 0 Å². The molecule has 0 bridgehead atoms. The Kier molecular flexibility index (Phi) is 4.16. The number of aromatic amines is 1. The summed E-state index contributed by atoms with van der Waals surface area (Å²) in [7, 11) is 0. The lowest BCUT2D eigenvalue weighted by molar-refractivity contribution is -0.124. The summed E-state index contributed by atoms with van der Waals surface area (Å²) in [5, 5.41) is 9.46. The van der Waals surface area contributed by atoms with Crippen molar-refractivity contribution in [3.05, 3.63) is 18.0 Å². The summed E-state index contributed by atoms with van der Waals surface area (Å²) in [6.45, 7) is 4.57. The van der Waals surface area contributed by atoms with Crippen LogP contribution in [0.4, 0.5) is 0 Å². The van der Waals surface area contributed by atoms with Gasteiger partial charge in [0.2, 0.25) is 5.91 Å². The molecule has 4 nitrogen and oxygen atoms in total. The fourth-order valence-corrected chi connectivity index (χ4v) is 1.30. The number of carbonyl (C=O) groups is 1. The summed E-state index contributed by atoms with van der Waals surface area (Å²) in [5.41, 5.74) is 0.932. The number of rotatable bonds is 5. The van der Waals surface area contributed by atoms with E-state index in [4.69, 9.17) is 0 Å². The highest BCUT2D eigenvalue weighted by Gasteiger charge is 2.10. The fourth-order valence-electron chi connectivity index (χ4n) is 1.30. The maximum Gasteiger partial charge on any atom is 0.223 e. The summed E-state index contributed by atoms with van der Waals surface area (Å²) < 4.78 is 0. The Hall–Kier alpha value is -1.32. The van der Waals surface area contributed by atoms with Gasteiger partial charge in [0.05, 0.1) is 12.2 Å². The number of aromatic nitrogens is 2. The summed E-state index contributed by atoms with van der Waals surface area (Å²) in [5.74, 6) is 0.212. The van der Waals surface area contributed by atoms with Gasteiger partial charge in [0.15, 0.2) is 0 Å². The minimum absolute atomic E-state index is 0.0999. The molecule has 4 heteroatoms. The van der Waals surface area contributed by atoms with Crippen LogP contribution in [0.25, 0.3) is 0 Å². The number of H-pyrrole nitrogens is 1. The van der Waals surface area contributed by atoms with Crippen LogP contribution >= 0.6 is 0 Å². The predicted octanol–water partition coefficient (Wildman–Crippen LogP) is 1.46. The largest absolute Gasteiger partial charge is 0.350 e. The van der Waals surface area contributed by atoms with E-state index in [0.29, 0.717) is 6.54 Å². The van der Waals surface area contributed by atoms with Crippen LogP contribution in [0.5, 0.6) is 0 Å². The molecule has 0 saturated heterocycles. The molecule has 1 amide bonds. The molecule has 1 unspecified atom stereocenters. The number of nitrogens with zero attached hydrogens (tertiary/aromatic N) is 1. The topological polar surface area (TPSA) is 57.8 Å². The van der Waals surface area contributed by atoms with E-state index in [0.717, 1.165) is 18.5 Å². The van der Waals surface area contributed by atoms with Crippen molar-refractivity contribution in [3.63, 3.8) is 0 Å². The minimum Gasteiger partial charge on any atom is -0.350 e. The standard InChI is InChI=1S/C10H17N3O/c1-3-4-8(2)10(14)11-7-9-5-6-12-13-9/h5-6,8H,3-4,7H2,1-2H3,(H,11,14)(H,12,13). The van der Waals surface area contributed by atoms with Crippen molar-refractivity contribution < 1.29 is 4.79 Å². The lowest BCUT2D eigenvalue weighted by Crippen LogP contribution is -2.28. The van der Waals surface area contributed by atoms with Crippen molar-refractivity contribution in [2.45, 2.75) is 33.2 Å². The molecule has 1 aromatic rings. The first-order chi connectivity index (χ1) is 6.74. The molecule has 78 valence electrons. The van der Waals surface area contributed by atoms with Crippen molar-refractivity contribution in [2.75, 3.05) is 0 Å². The first-order valence-electron chi connectivity index (χ1n) is 5.00. The van der Waals surface area contributed by atoms with Crippen LogP contribution in [-0.2, 0) is 11.3 Å². The van der Waals surface area contributed by atoms with E-state index in [2.05, 4.69) is 22.4 Å². The highest BCUT2D eigenvalue weighted by molar-refractivity contribution is 5.78. The molecule has 0 aromatic carbocycles. The third-order valence-corrected chi connectivity index (χ3v) is 2.18. The number of amides is 1. The van der Waals surface area contributed by atoms with Gasteiger partial charge in [0.1, 0.15) is 0 Å². The lowest BCUT2D eigenvalue weighted by Gasteiger charge is -2.09. The SMILES string of the molecule is CCCC(C)C(=O)NCc1ccn[nH]1. The van der Waals surface area contributed by atoms with Crippen LogP contribution in [0.2, 0.25) is 0 Å². The molecule has 0 aliphatic heterocycles. The minimum atomic E-state index is 0.0999. The van der Waals surface area contributed by atoms with Gasteiger partial charge in [-0.25, -0.2) is 0 Å². The van der Waals surface area contributed by atoms with Gasteiger partial charge in [-0.15, -0.1) is 0 Å². The van der Waals surface area contributed by atoms with E-state index in [9.17, 15) is 4.79 Å². The van der Waals surface area contributed by atoms with E-state index < -0.39 is 0 Å². The van der Waals surface area contributed by atoms with Gasteiger partial charge < -0.3 is 5.32 Å². The fraction of sp³-hybridized carbons (Fsp3) is 0.600. The van der Waals surface area contributed by atoms with Crippen molar-refractivity contribution in [3.8, 4) is 0 Å². The normalized spacial score (nSPS) is 12.4. The Balaban J connectivity index is 2.27. The van der Waals surface area contributed by atoms with E-state index in [-0.39, 0.29) is 11.8 Å². The molecule has 0 fully saturated rings. The van der Waals surface area contributed by atoms with Crippen LogP contribution < -0.4 is 5.32 Å². The average molecular weight is 195 g/mol. The van der Waals surface area contributed by atoms with Crippen LogP contribution in [-0.4, -0.2) is 16.1 Å². The zero-order valence-corrected chi connectivity index (χ0v) is 8.71. The highest BCUT2D eigenvalue weighted by Crippen LogP contribution is 2.04. The van der Waals surface area contributed by atoms with Gasteiger partial charge in [0.25, 0.3) is 0 Å². The summed E-state index contributed by atoms with van der Waals surface area (Å²) in [4.78, 5) is 11.5. The molecule has 0 radical (unpaired) electrons. The second-order valence-electron chi connectivity index (χ2n) is 3.49. The molecule has 2 N–H and O–H groups in total. The van der Waals surface area contributed by atoms with E-state index in [1.807, 2.05) is 13.0 Å². The summed E-state index contributed by atoms with van der Waals surface area (Å²) in [6, 6.07) is 1.85. The Morgan fingerprint density at radius 1 is 1.71 bits per heavy atom. The molecule has 1 rings (SSSR count). The number of hydrogen-bond donors (Lipinski definition) is 2. The van der Waals surface area contributed by atoms with Crippen molar-refractivity contribution in [2.24, 2.45) is 5.92 Å². The second-order valence-corrected chi connectivity index (χ2v) is 3.49. The van der Waals surface area contributed by atoms with Gasteiger partial charge in [-0.05, 0) is 12.5 Å². The van der Waals surface area contributed by atoms with E-state index >= 15 is 0 Å². The van der Waals surface area contributed by atoms with Gasteiger partial charge in [0, 0.05) is 12.1 Å². The molecular weight excluding hydrogens is 178 g/mol. The summed E-state index contributed by atoms with van der Waals surface area (Å²) >= 11 is 0. The van der Waals surface area contributed by atoms with Crippen LogP contribution in [0.3, 0.4) is 0 Å². The second kappa shape index (κ2) is 5.42. The van der Waals surface area contributed by atoms with E-state index in [1.54, 1.807) is 6.20 Å². The van der Waals surface area contributed by atoms with Crippen molar-refractivity contribution >= 4 is 5.91 Å².